The van der Waals surface area contributed by atoms with Gasteiger partial charge < -0.3 is 0 Å². The highest BCUT2D eigenvalue weighted by atomic mass is 14.3. The summed E-state index contributed by atoms with van der Waals surface area (Å²) in [6.45, 7) is 4.46. The molecule has 0 amide bonds. The van der Waals surface area contributed by atoms with Crippen LogP contribution in [0.5, 0.6) is 0 Å². The van der Waals surface area contributed by atoms with Gasteiger partial charge in [-0.2, -0.15) is 5.26 Å². The van der Waals surface area contributed by atoms with Crippen LogP contribution in [0.4, 0.5) is 0 Å². The van der Waals surface area contributed by atoms with Crippen LogP contribution >= 0.6 is 0 Å². The van der Waals surface area contributed by atoms with Gasteiger partial charge in [-0.1, -0.05) is 65.2 Å². The summed E-state index contributed by atoms with van der Waals surface area (Å²) in [5.41, 5.74) is 0. The van der Waals surface area contributed by atoms with E-state index in [9.17, 15) is 0 Å². The second-order valence-corrected chi connectivity index (χ2v) is 4.52. The van der Waals surface area contributed by atoms with Crippen LogP contribution in [0.3, 0.4) is 0 Å². The molecule has 1 heteroatoms. The van der Waals surface area contributed by atoms with Crippen molar-refractivity contribution in [3.05, 3.63) is 0 Å². The molecule has 15 heavy (non-hydrogen) atoms. The fourth-order valence-corrected chi connectivity index (χ4v) is 1.91. The number of nitriles is 1. The fraction of sp³-hybridized carbons (Fsp3) is 0.929. The summed E-state index contributed by atoms with van der Waals surface area (Å²) < 4.78 is 0. The lowest BCUT2D eigenvalue weighted by Crippen LogP contribution is -1.97. The third kappa shape index (κ3) is 9.79. The molecule has 0 radical (unpaired) electrons. The van der Waals surface area contributed by atoms with Gasteiger partial charge in [0, 0.05) is 5.92 Å². The largest absolute Gasteiger partial charge is 0.198 e. The predicted molar refractivity (Wildman–Crippen MR) is 66.6 cm³/mol. The van der Waals surface area contributed by atoms with Crippen LogP contribution in [0, 0.1) is 17.2 Å². The average molecular weight is 209 g/mol. The molecule has 0 aliphatic heterocycles. The van der Waals surface area contributed by atoms with Crippen LogP contribution in [0.1, 0.15) is 78.1 Å². The summed E-state index contributed by atoms with van der Waals surface area (Å²) in [5.74, 6) is 0.332. The van der Waals surface area contributed by atoms with Crippen LogP contribution in [0.15, 0.2) is 0 Å². The zero-order chi connectivity index (χ0) is 11.4. The molecule has 0 atom stereocenters. The SMILES string of the molecule is CCCCCCC(C#N)CCCCCC. The maximum Gasteiger partial charge on any atom is 0.0655 e. The summed E-state index contributed by atoms with van der Waals surface area (Å²) in [6, 6.07) is 2.46. The number of rotatable bonds is 10. The average Bonchev–Trinajstić information content (AvgIpc) is 2.27. The van der Waals surface area contributed by atoms with E-state index in [1.807, 2.05) is 0 Å². The molecule has 0 rings (SSSR count). The number of hydrogen-bond acceptors (Lipinski definition) is 1. The van der Waals surface area contributed by atoms with Gasteiger partial charge >= 0.3 is 0 Å². The number of unbranched alkanes of at least 4 members (excludes halogenated alkanes) is 6. The van der Waals surface area contributed by atoms with Crippen molar-refractivity contribution < 1.29 is 0 Å². The zero-order valence-electron chi connectivity index (χ0n) is 10.6. The normalized spacial score (nSPS) is 10.5. The highest BCUT2D eigenvalue weighted by molar-refractivity contribution is 4.82. The van der Waals surface area contributed by atoms with Crippen molar-refractivity contribution in [1.29, 1.82) is 5.26 Å². The minimum Gasteiger partial charge on any atom is -0.198 e. The third-order valence-corrected chi connectivity index (χ3v) is 2.99. The molecule has 0 fully saturated rings. The maximum atomic E-state index is 8.99. The van der Waals surface area contributed by atoms with Crippen molar-refractivity contribution in [2.45, 2.75) is 78.1 Å². The minimum atomic E-state index is 0.332. The molecular formula is C14H27N. The predicted octanol–water partition coefficient (Wildman–Crippen LogP) is 5.07. The number of nitrogens with zero attached hydrogens (tertiary/aromatic N) is 1. The van der Waals surface area contributed by atoms with E-state index in [1.165, 1.54) is 51.4 Å². The van der Waals surface area contributed by atoms with E-state index in [-0.39, 0.29) is 0 Å². The van der Waals surface area contributed by atoms with Gasteiger partial charge in [-0.15, -0.1) is 0 Å². The quantitative estimate of drug-likeness (QED) is 0.461. The lowest BCUT2D eigenvalue weighted by molar-refractivity contribution is 0.481. The van der Waals surface area contributed by atoms with Gasteiger partial charge in [0.05, 0.1) is 6.07 Å². The van der Waals surface area contributed by atoms with Crippen LogP contribution in [0.2, 0.25) is 0 Å². The molecule has 1 nitrogen and oxygen atoms in total. The van der Waals surface area contributed by atoms with Crippen molar-refractivity contribution >= 4 is 0 Å². The molecule has 88 valence electrons. The summed E-state index contributed by atoms with van der Waals surface area (Å²) in [4.78, 5) is 0. The van der Waals surface area contributed by atoms with Crippen LogP contribution in [-0.4, -0.2) is 0 Å². The lowest BCUT2D eigenvalue weighted by atomic mass is 9.96. The van der Waals surface area contributed by atoms with Crippen LogP contribution in [-0.2, 0) is 0 Å². The number of hydrogen-bond donors (Lipinski definition) is 0. The molecule has 0 N–H and O–H groups in total. The molecule has 0 unspecified atom stereocenters. The fourth-order valence-electron chi connectivity index (χ4n) is 1.91. The molecule has 0 aromatic rings. The standard InChI is InChI=1S/C14H27N/c1-3-5-7-9-11-14(13-15)12-10-8-6-4-2/h14H,3-12H2,1-2H3. The van der Waals surface area contributed by atoms with Gasteiger partial charge in [-0.05, 0) is 12.8 Å². The Morgan fingerprint density at radius 1 is 0.800 bits per heavy atom. The van der Waals surface area contributed by atoms with Gasteiger partial charge in [-0.3, -0.25) is 0 Å². The summed E-state index contributed by atoms with van der Waals surface area (Å²) in [7, 11) is 0. The van der Waals surface area contributed by atoms with E-state index >= 15 is 0 Å². The summed E-state index contributed by atoms with van der Waals surface area (Å²) in [6.07, 6.45) is 12.6. The van der Waals surface area contributed by atoms with E-state index in [2.05, 4.69) is 19.9 Å². The zero-order valence-corrected chi connectivity index (χ0v) is 10.6. The Morgan fingerprint density at radius 2 is 1.27 bits per heavy atom. The third-order valence-electron chi connectivity index (χ3n) is 2.99. The Labute approximate surface area is 95.9 Å². The molecule has 0 heterocycles. The highest BCUT2D eigenvalue weighted by Crippen LogP contribution is 2.17. The van der Waals surface area contributed by atoms with Gasteiger partial charge in [-0.25, -0.2) is 0 Å². The van der Waals surface area contributed by atoms with E-state index in [4.69, 9.17) is 5.26 Å². The van der Waals surface area contributed by atoms with E-state index < -0.39 is 0 Å². The summed E-state index contributed by atoms with van der Waals surface area (Å²) in [5, 5.41) is 8.99. The van der Waals surface area contributed by atoms with Crippen molar-refractivity contribution in [2.24, 2.45) is 5.92 Å². The Morgan fingerprint density at radius 3 is 1.60 bits per heavy atom. The molecule has 0 aromatic carbocycles. The Balaban J connectivity index is 3.35. The van der Waals surface area contributed by atoms with Crippen molar-refractivity contribution in [3.8, 4) is 6.07 Å². The second-order valence-electron chi connectivity index (χ2n) is 4.52. The van der Waals surface area contributed by atoms with E-state index in [1.54, 1.807) is 0 Å². The first kappa shape index (κ1) is 14.5. The molecule has 0 saturated heterocycles. The van der Waals surface area contributed by atoms with Gasteiger partial charge in [0.15, 0.2) is 0 Å². The second kappa shape index (κ2) is 11.6. The van der Waals surface area contributed by atoms with Gasteiger partial charge in [0.25, 0.3) is 0 Å². The monoisotopic (exact) mass is 209 g/mol. The Bertz CT molecular complexity index is 145. The van der Waals surface area contributed by atoms with E-state index in [0.29, 0.717) is 5.92 Å². The minimum absolute atomic E-state index is 0.332. The smallest absolute Gasteiger partial charge is 0.0655 e. The maximum absolute atomic E-state index is 8.99. The molecule has 0 bridgehead atoms. The first-order valence-electron chi connectivity index (χ1n) is 6.74. The van der Waals surface area contributed by atoms with Crippen molar-refractivity contribution in [3.63, 3.8) is 0 Å². The molecule has 0 aliphatic rings. The Hall–Kier alpha value is -0.510. The molecular weight excluding hydrogens is 182 g/mol. The van der Waals surface area contributed by atoms with Crippen molar-refractivity contribution in [1.82, 2.24) is 0 Å². The topological polar surface area (TPSA) is 23.8 Å². The summed E-state index contributed by atoms with van der Waals surface area (Å²) >= 11 is 0. The Kier molecular flexibility index (Phi) is 11.2. The molecule has 0 aliphatic carbocycles. The van der Waals surface area contributed by atoms with Crippen LogP contribution in [0.25, 0.3) is 0 Å². The van der Waals surface area contributed by atoms with Crippen molar-refractivity contribution in [2.75, 3.05) is 0 Å². The lowest BCUT2D eigenvalue weighted by Gasteiger charge is -2.08. The first-order chi connectivity index (χ1) is 7.35. The van der Waals surface area contributed by atoms with E-state index in [0.717, 1.165) is 12.8 Å². The first-order valence-corrected chi connectivity index (χ1v) is 6.74. The molecule has 0 aromatic heterocycles. The molecule has 0 saturated carbocycles. The molecule has 0 spiro atoms. The van der Waals surface area contributed by atoms with Crippen LogP contribution < -0.4 is 0 Å². The van der Waals surface area contributed by atoms with Gasteiger partial charge in [0.1, 0.15) is 0 Å². The highest BCUT2D eigenvalue weighted by Gasteiger charge is 2.06. The van der Waals surface area contributed by atoms with Gasteiger partial charge in [0.2, 0.25) is 0 Å².